The summed E-state index contributed by atoms with van der Waals surface area (Å²) in [6.07, 6.45) is 4.46. The van der Waals surface area contributed by atoms with Crippen LogP contribution in [0.3, 0.4) is 0 Å². The highest BCUT2D eigenvalue weighted by Gasteiger charge is 2.34. The van der Waals surface area contributed by atoms with Gasteiger partial charge in [-0.25, -0.2) is 0 Å². The van der Waals surface area contributed by atoms with Crippen LogP contribution in [-0.2, 0) is 4.79 Å². The minimum Gasteiger partial charge on any atom is -0.481 e. The van der Waals surface area contributed by atoms with Crippen LogP contribution in [0.5, 0.6) is 0 Å². The van der Waals surface area contributed by atoms with E-state index in [4.69, 9.17) is 5.11 Å². The van der Waals surface area contributed by atoms with E-state index in [1.54, 1.807) is 19.1 Å². The second-order valence-electron chi connectivity index (χ2n) is 3.40. The molecule has 0 aliphatic heterocycles. The highest BCUT2D eigenvalue weighted by Crippen LogP contribution is 2.31. The average molecular weight is 170 g/mol. The van der Waals surface area contributed by atoms with Gasteiger partial charge in [0.25, 0.3) is 0 Å². The van der Waals surface area contributed by atoms with Crippen molar-refractivity contribution in [2.75, 3.05) is 0 Å². The van der Waals surface area contributed by atoms with E-state index in [1.807, 2.05) is 20.8 Å². The van der Waals surface area contributed by atoms with Crippen molar-refractivity contribution in [3.63, 3.8) is 0 Å². The van der Waals surface area contributed by atoms with Gasteiger partial charge in [0.2, 0.25) is 0 Å². The lowest BCUT2D eigenvalue weighted by atomic mass is 9.76. The molecule has 0 aromatic rings. The topological polar surface area (TPSA) is 37.3 Å². The van der Waals surface area contributed by atoms with Gasteiger partial charge in [0.15, 0.2) is 0 Å². The second kappa shape index (κ2) is 4.29. The second-order valence-corrected chi connectivity index (χ2v) is 3.40. The number of hydrogen-bond acceptors (Lipinski definition) is 1. The Kier molecular flexibility index (Phi) is 4.01. The fraction of sp³-hybridized carbons (Fsp3) is 0.700. The molecular formula is C10H18O2. The summed E-state index contributed by atoms with van der Waals surface area (Å²) in [4.78, 5) is 11.0. The first kappa shape index (κ1) is 11.2. The molecule has 0 amide bonds. The lowest BCUT2D eigenvalue weighted by Gasteiger charge is -2.27. The minimum atomic E-state index is -0.741. The predicted octanol–water partition coefficient (Wildman–Crippen LogP) is 2.70. The van der Waals surface area contributed by atoms with E-state index in [1.165, 1.54) is 0 Å². The maximum absolute atomic E-state index is 11.0. The number of carbonyl (C=O) groups is 1. The van der Waals surface area contributed by atoms with Gasteiger partial charge >= 0.3 is 5.97 Å². The molecule has 2 unspecified atom stereocenters. The SMILES string of the molecule is C/C=C/C(C)(C(=O)O)C(C)CC. The summed E-state index contributed by atoms with van der Waals surface area (Å²) in [5.74, 6) is -0.568. The average Bonchev–Trinajstić information content (AvgIpc) is 2.03. The zero-order chi connectivity index (χ0) is 9.78. The van der Waals surface area contributed by atoms with Gasteiger partial charge in [-0.05, 0) is 19.8 Å². The van der Waals surface area contributed by atoms with Crippen molar-refractivity contribution in [1.82, 2.24) is 0 Å². The number of carboxylic acids is 1. The molecule has 0 radical (unpaired) electrons. The number of hydrogen-bond donors (Lipinski definition) is 1. The van der Waals surface area contributed by atoms with E-state index < -0.39 is 11.4 Å². The number of rotatable bonds is 4. The summed E-state index contributed by atoms with van der Waals surface area (Å²) in [6.45, 7) is 7.59. The molecule has 0 bridgehead atoms. The first-order valence-corrected chi connectivity index (χ1v) is 4.36. The Bertz CT molecular complexity index is 184. The Morgan fingerprint density at radius 2 is 2.17 bits per heavy atom. The summed E-state index contributed by atoms with van der Waals surface area (Å²) < 4.78 is 0. The molecule has 0 aromatic heterocycles. The lowest BCUT2D eigenvalue weighted by molar-refractivity contribution is -0.147. The Labute approximate surface area is 74.3 Å². The van der Waals surface area contributed by atoms with Gasteiger partial charge in [-0.2, -0.15) is 0 Å². The minimum absolute atomic E-state index is 0.172. The first-order valence-electron chi connectivity index (χ1n) is 4.36. The van der Waals surface area contributed by atoms with Gasteiger partial charge < -0.3 is 5.11 Å². The zero-order valence-electron chi connectivity index (χ0n) is 8.29. The van der Waals surface area contributed by atoms with Crippen molar-refractivity contribution in [2.24, 2.45) is 11.3 Å². The maximum Gasteiger partial charge on any atom is 0.313 e. The quantitative estimate of drug-likeness (QED) is 0.659. The van der Waals surface area contributed by atoms with Crippen molar-refractivity contribution in [1.29, 1.82) is 0 Å². The zero-order valence-corrected chi connectivity index (χ0v) is 8.29. The Balaban J connectivity index is 4.73. The smallest absolute Gasteiger partial charge is 0.313 e. The van der Waals surface area contributed by atoms with Crippen molar-refractivity contribution in [3.05, 3.63) is 12.2 Å². The molecule has 2 nitrogen and oxygen atoms in total. The molecule has 70 valence electrons. The monoisotopic (exact) mass is 170 g/mol. The first-order chi connectivity index (χ1) is 5.49. The summed E-state index contributed by atoms with van der Waals surface area (Å²) in [6, 6.07) is 0. The molecule has 0 aliphatic rings. The maximum atomic E-state index is 11.0. The van der Waals surface area contributed by atoms with Gasteiger partial charge in [0.05, 0.1) is 5.41 Å². The molecule has 0 aromatic carbocycles. The van der Waals surface area contributed by atoms with Gasteiger partial charge in [0, 0.05) is 0 Å². The molecule has 0 saturated carbocycles. The summed E-state index contributed by atoms with van der Waals surface area (Å²) in [5.41, 5.74) is -0.705. The van der Waals surface area contributed by atoms with E-state index in [9.17, 15) is 4.79 Å². The van der Waals surface area contributed by atoms with E-state index >= 15 is 0 Å². The fourth-order valence-corrected chi connectivity index (χ4v) is 1.22. The molecule has 0 aliphatic carbocycles. The Hall–Kier alpha value is -0.790. The van der Waals surface area contributed by atoms with Gasteiger partial charge in [-0.1, -0.05) is 32.4 Å². The molecule has 2 atom stereocenters. The predicted molar refractivity (Wildman–Crippen MR) is 50.0 cm³/mol. The number of carboxylic acid groups (broad SMARTS) is 1. The molecule has 2 heteroatoms. The lowest BCUT2D eigenvalue weighted by Crippen LogP contribution is -2.32. The molecule has 0 spiro atoms. The van der Waals surface area contributed by atoms with Crippen LogP contribution in [-0.4, -0.2) is 11.1 Å². The molecule has 0 fully saturated rings. The summed E-state index contributed by atoms with van der Waals surface area (Å²) in [5, 5.41) is 9.01. The van der Waals surface area contributed by atoms with E-state index in [0.29, 0.717) is 0 Å². The van der Waals surface area contributed by atoms with Crippen molar-refractivity contribution in [3.8, 4) is 0 Å². The van der Waals surface area contributed by atoms with Crippen molar-refractivity contribution in [2.45, 2.75) is 34.1 Å². The van der Waals surface area contributed by atoms with Crippen molar-refractivity contribution >= 4 is 5.97 Å². The van der Waals surface area contributed by atoms with E-state index in [0.717, 1.165) is 6.42 Å². The molecular weight excluding hydrogens is 152 g/mol. The molecule has 0 rings (SSSR count). The van der Waals surface area contributed by atoms with E-state index in [2.05, 4.69) is 0 Å². The van der Waals surface area contributed by atoms with Gasteiger partial charge in [-0.15, -0.1) is 0 Å². The van der Waals surface area contributed by atoms with Crippen molar-refractivity contribution < 1.29 is 9.90 Å². The molecule has 0 saturated heterocycles. The van der Waals surface area contributed by atoms with Crippen LogP contribution in [0, 0.1) is 11.3 Å². The van der Waals surface area contributed by atoms with Crippen LogP contribution in [0.1, 0.15) is 34.1 Å². The highest BCUT2D eigenvalue weighted by atomic mass is 16.4. The third kappa shape index (κ3) is 2.10. The number of aliphatic carboxylic acids is 1. The largest absolute Gasteiger partial charge is 0.481 e. The van der Waals surface area contributed by atoms with Crippen LogP contribution in [0.15, 0.2) is 12.2 Å². The van der Waals surface area contributed by atoms with Gasteiger partial charge in [0.1, 0.15) is 0 Å². The third-order valence-corrected chi connectivity index (χ3v) is 2.61. The van der Waals surface area contributed by atoms with Crippen LogP contribution >= 0.6 is 0 Å². The summed E-state index contributed by atoms with van der Waals surface area (Å²) in [7, 11) is 0. The third-order valence-electron chi connectivity index (χ3n) is 2.61. The molecule has 1 N–H and O–H groups in total. The van der Waals surface area contributed by atoms with Crippen LogP contribution < -0.4 is 0 Å². The van der Waals surface area contributed by atoms with E-state index in [-0.39, 0.29) is 5.92 Å². The summed E-state index contributed by atoms with van der Waals surface area (Å²) >= 11 is 0. The highest BCUT2D eigenvalue weighted by molar-refractivity contribution is 5.76. The molecule has 12 heavy (non-hydrogen) atoms. The number of allylic oxidation sites excluding steroid dienone is 1. The van der Waals surface area contributed by atoms with Gasteiger partial charge in [-0.3, -0.25) is 4.79 Å². The fourth-order valence-electron chi connectivity index (χ4n) is 1.22. The normalized spacial score (nSPS) is 19.0. The van der Waals surface area contributed by atoms with Crippen LogP contribution in [0.25, 0.3) is 0 Å². The standard InChI is InChI=1S/C10H18O2/c1-5-7-10(4,9(11)12)8(3)6-2/h5,7-8H,6H2,1-4H3,(H,11,12)/b7-5+. The molecule has 0 heterocycles. The van der Waals surface area contributed by atoms with Crippen LogP contribution in [0.4, 0.5) is 0 Å². The Morgan fingerprint density at radius 1 is 1.67 bits per heavy atom. The van der Waals surface area contributed by atoms with Crippen LogP contribution in [0.2, 0.25) is 0 Å². The Morgan fingerprint density at radius 3 is 2.42 bits per heavy atom.